The van der Waals surface area contributed by atoms with Gasteiger partial charge in [0.05, 0.1) is 5.75 Å². The SMILES string of the molecule is CS(=O)(=O)CCCN1CCC[C@H]1Cc1ccccc1. The van der Waals surface area contributed by atoms with Crippen LogP contribution in [-0.2, 0) is 16.3 Å². The van der Waals surface area contributed by atoms with Crippen LogP contribution in [0.15, 0.2) is 30.3 Å². The lowest BCUT2D eigenvalue weighted by Gasteiger charge is -2.24. The Morgan fingerprint density at radius 1 is 1.26 bits per heavy atom. The molecule has 1 saturated heterocycles. The number of hydrogen-bond acceptors (Lipinski definition) is 3. The zero-order chi connectivity index (χ0) is 13.7. The van der Waals surface area contributed by atoms with Crippen LogP contribution in [0.5, 0.6) is 0 Å². The molecule has 0 aromatic heterocycles. The van der Waals surface area contributed by atoms with E-state index < -0.39 is 9.84 Å². The monoisotopic (exact) mass is 281 g/mol. The van der Waals surface area contributed by atoms with Crippen molar-refractivity contribution < 1.29 is 8.42 Å². The molecule has 1 heterocycles. The lowest BCUT2D eigenvalue weighted by molar-refractivity contribution is 0.253. The molecule has 0 saturated carbocycles. The molecule has 0 spiro atoms. The number of nitrogens with zero attached hydrogens (tertiary/aromatic N) is 1. The van der Waals surface area contributed by atoms with Crippen molar-refractivity contribution in [2.75, 3.05) is 25.1 Å². The summed E-state index contributed by atoms with van der Waals surface area (Å²) < 4.78 is 22.3. The maximum Gasteiger partial charge on any atom is 0.147 e. The van der Waals surface area contributed by atoms with Crippen LogP contribution in [0, 0.1) is 0 Å². The van der Waals surface area contributed by atoms with Crippen LogP contribution in [0.1, 0.15) is 24.8 Å². The van der Waals surface area contributed by atoms with E-state index in [-0.39, 0.29) is 0 Å². The molecule has 0 amide bonds. The van der Waals surface area contributed by atoms with Gasteiger partial charge in [-0.25, -0.2) is 8.42 Å². The zero-order valence-corrected chi connectivity index (χ0v) is 12.4. The van der Waals surface area contributed by atoms with E-state index in [1.165, 1.54) is 24.7 Å². The van der Waals surface area contributed by atoms with Crippen LogP contribution in [0.3, 0.4) is 0 Å². The molecular formula is C15H23NO2S. The van der Waals surface area contributed by atoms with Crippen molar-refractivity contribution in [1.82, 2.24) is 4.90 Å². The summed E-state index contributed by atoms with van der Waals surface area (Å²) in [5, 5.41) is 0. The highest BCUT2D eigenvalue weighted by Crippen LogP contribution is 2.21. The molecule has 0 radical (unpaired) electrons. The molecule has 1 aliphatic rings. The van der Waals surface area contributed by atoms with E-state index in [1.54, 1.807) is 0 Å². The van der Waals surface area contributed by atoms with Crippen LogP contribution in [0.2, 0.25) is 0 Å². The molecule has 0 unspecified atom stereocenters. The third-order valence-corrected chi connectivity index (χ3v) is 4.80. The second-order valence-corrected chi connectivity index (χ2v) is 7.76. The Labute approximate surface area is 116 Å². The van der Waals surface area contributed by atoms with Gasteiger partial charge in [0.2, 0.25) is 0 Å². The van der Waals surface area contributed by atoms with Gasteiger partial charge in [0, 0.05) is 12.3 Å². The molecule has 19 heavy (non-hydrogen) atoms. The van der Waals surface area contributed by atoms with Gasteiger partial charge in [-0.3, -0.25) is 0 Å². The lowest BCUT2D eigenvalue weighted by atomic mass is 10.0. The Hall–Kier alpha value is -0.870. The normalized spacial score (nSPS) is 20.8. The Bertz CT molecular complexity index is 484. The van der Waals surface area contributed by atoms with E-state index in [0.29, 0.717) is 11.8 Å². The summed E-state index contributed by atoms with van der Waals surface area (Å²) >= 11 is 0. The average molecular weight is 281 g/mol. The van der Waals surface area contributed by atoms with Crippen molar-refractivity contribution in [2.24, 2.45) is 0 Å². The zero-order valence-electron chi connectivity index (χ0n) is 11.6. The minimum absolute atomic E-state index is 0.307. The largest absolute Gasteiger partial charge is 0.300 e. The molecule has 0 aliphatic carbocycles. The van der Waals surface area contributed by atoms with E-state index in [2.05, 4.69) is 29.2 Å². The molecule has 3 nitrogen and oxygen atoms in total. The molecule has 1 aromatic carbocycles. The molecule has 1 atom stereocenters. The first-order valence-corrected chi connectivity index (χ1v) is 9.06. The first-order chi connectivity index (χ1) is 9.04. The van der Waals surface area contributed by atoms with E-state index in [9.17, 15) is 8.42 Å². The summed E-state index contributed by atoms with van der Waals surface area (Å²) in [4.78, 5) is 2.46. The molecule has 4 heteroatoms. The molecule has 2 rings (SSSR count). The Morgan fingerprint density at radius 3 is 2.68 bits per heavy atom. The highest BCUT2D eigenvalue weighted by atomic mass is 32.2. The molecule has 1 aromatic rings. The van der Waals surface area contributed by atoms with E-state index in [1.807, 2.05) is 6.07 Å². The van der Waals surface area contributed by atoms with E-state index in [0.717, 1.165) is 25.9 Å². The van der Waals surface area contributed by atoms with Crippen LogP contribution in [0.25, 0.3) is 0 Å². The molecule has 1 aliphatic heterocycles. The van der Waals surface area contributed by atoms with Crippen LogP contribution in [0.4, 0.5) is 0 Å². The number of hydrogen-bond donors (Lipinski definition) is 0. The second-order valence-electron chi connectivity index (χ2n) is 5.51. The third-order valence-electron chi connectivity index (χ3n) is 3.77. The summed E-state index contributed by atoms with van der Waals surface area (Å²) in [5.74, 6) is 0.307. The lowest BCUT2D eigenvalue weighted by Crippen LogP contribution is -2.32. The van der Waals surface area contributed by atoms with E-state index >= 15 is 0 Å². The Kier molecular flexibility index (Phi) is 4.99. The molecule has 0 N–H and O–H groups in total. The summed E-state index contributed by atoms with van der Waals surface area (Å²) in [6, 6.07) is 11.1. The van der Waals surface area contributed by atoms with Gasteiger partial charge in [0.1, 0.15) is 9.84 Å². The second kappa shape index (κ2) is 6.53. The van der Waals surface area contributed by atoms with Gasteiger partial charge in [-0.15, -0.1) is 0 Å². The highest BCUT2D eigenvalue weighted by molar-refractivity contribution is 7.90. The van der Waals surface area contributed by atoms with Gasteiger partial charge >= 0.3 is 0 Å². The van der Waals surface area contributed by atoms with Gasteiger partial charge in [-0.1, -0.05) is 30.3 Å². The number of benzene rings is 1. The number of likely N-dealkylation sites (tertiary alicyclic amines) is 1. The van der Waals surface area contributed by atoms with Gasteiger partial charge in [-0.05, 0) is 44.3 Å². The fourth-order valence-electron chi connectivity index (χ4n) is 2.84. The first-order valence-electron chi connectivity index (χ1n) is 7.00. The predicted molar refractivity (Wildman–Crippen MR) is 79.1 cm³/mol. The molecule has 106 valence electrons. The minimum Gasteiger partial charge on any atom is -0.300 e. The quantitative estimate of drug-likeness (QED) is 0.801. The number of rotatable bonds is 6. The fourth-order valence-corrected chi connectivity index (χ4v) is 3.49. The van der Waals surface area contributed by atoms with Crippen molar-refractivity contribution in [3.8, 4) is 0 Å². The Morgan fingerprint density at radius 2 is 2.00 bits per heavy atom. The van der Waals surface area contributed by atoms with Crippen molar-refractivity contribution >= 4 is 9.84 Å². The van der Waals surface area contributed by atoms with Crippen LogP contribution in [-0.4, -0.2) is 44.5 Å². The molecular weight excluding hydrogens is 258 g/mol. The molecule has 0 bridgehead atoms. The summed E-state index contributed by atoms with van der Waals surface area (Å²) in [6.45, 7) is 2.02. The van der Waals surface area contributed by atoms with Gasteiger partial charge in [0.15, 0.2) is 0 Å². The number of sulfone groups is 1. The Balaban J connectivity index is 1.83. The minimum atomic E-state index is -2.82. The van der Waals surface area contributed by atoms with Gasteiger partial charge in [-0.2, -0.15) is 0 Å². The standard InChI is InChI=1S/C15H23NO2S/c1-19(17,18)12-6-11-16-10-5-9-15(16)13-14-7-3-2-4-8-14/h2-4,7-8,15H,5-6,9-13H2,1H3/t15-/m0/s1. The van der Waals surface area contributed by atoms with Gasteiger partial charge in [0.25, 0.3) is 0 Å². The third kappa shape index (κ3) is 4.96. The first kappa shape index (κ1) is 14.5. The van der Waals surface area contributed by atoms with Gasteiger partial charge < -0.3 is 4.90 Å². The predicted octanol–water partition coefficient (Wildman–Crippen LogP) is 2.13. The summed E-state index contributed by atoms with van der Waals surface area (Å²) in [7, 11) is -2.82. The molecule has 1 fully saturated rings. The highest BCUT2D eigenvalue weighted by Gasteiger charge is 2.24. The summed E-state index contributed by atoms with van der Waals surface area (Å²) in [5.41, 5.74) is 1.38. The average Bonchev–Trinajstić information content (AvgIpc) is 2.76. The van der Waals surface area contributed by atoms with Crippen molar-refractivity contribution in [3.63, 3.8) is 0 Å². The van der Waals surface area contributed by atoms with Crippen molar-refractivity contribution in [2.45, 2.75) is 31.7 Å². The van der Waals surface area contributed by atoms with Crippen LogP contribution >= 0.6 is 0 Å². The fraction of sp³-hybridized carbons (Fsp3) is 0.600. The van der Waals surface area contributed by atoms with Crippen molar-refractivity contribution in [1.29, 1.82) is 0 Å². The smallest absolute Gasteiger partial charge is 0.147 e. The van der Waals surface area contributed by atoms with Crippen LogP contribution < -0.4 is 0 Å². The maximum atomic E-state index is 11.2. The van der Waals surface area contributed by atoms with E-state index in [4.69, 9.17) is 0 Å². The maximum absolute atomic E-state index is 11.2. The topological polar surface area (TPSA) is 37.4 Å². The summed E-state index contributed by atoms with van der Waals surface area (Å²) in [6.07, 6.45) is 5.62. The van der Waals surface area contributed by atoms with Crippen molar-refractivity contribution in [3.05, 3.63) is 35.9 Å².